The molecule has 1 aromatic carbocycles. The predicted octanol–water partition coefficient (Wildman–Crippen LogP) is 10.1. The first-order valence-corrected chi connectivity index (χ1v) is 18.6. The zero-order valence-corrected chi connectivity index (χ0v) is 29.4. The van der Waals surface area contributed by atoms with Gasteiger partial charge in [-0.1, -0.05) is 78.9 Å². The highest BCUT2D eigenvalue weighted by molar-refractivity contribution is 5.81. The summed E-state index contributed by atoms with van der Waals surface area (Å²) in [5.74, 6) is 5.11. The lowest BCUT2D eigenvalue weighted by molar-refractivity contribution is -0.153. The smallest absolute Gasteiger partial charge is 0.344 e. The van der Waals surface area contributed by atoms with E-state index in [1.807, 2.05) is 12.1 Å². The Balaban J connectivity index is 1.05. The van der Waals surface area contributed by atoms with Crippen LogP contribution in [-0.4, -0.2) is 18.7 Å². The molecule has 0 amide bonds. The molecule has 0 saturated heterocycles. The van der Waals surface area contributed by atoms with Gasteiger partial charge in [0.15, 0.2) is 6.61 Å². The van der Waals surface area contributed by atoms with E-state index in [1.165, 1.54) is 56.9 Å². The molecule has 8 atom stereocenters. The largest absolute Gasteiger partial charge is 0.482 e. The van der Waals surface area contributed by atoms with E-state index < -0.39 is 0 Å². The van der Waals surface area contributed by atoms with Crippen molar-refractivity contribution in [1.29, 1.82) is 0 Å². The Morgan fingerprint density at radius 2 is 1.85 bits per heavy atom. The molecule has 5 nitrogen and oxygen atoms in total. The molecule has 1 heterocycles. The number of rotatable bonds is 11. The van der Waals surface area contributed by atoms with E-state index in [0.29, 0.717) is 16.7 Å². The second-order valence-electron chi connectivity index (χ2n) is 16.4. The van der Waals surface area contributed by atoms with Crippen LogP contribution in [0.2, 0.25) is 0 Å². The Hall–Kier alpha value is -2.56. The van der Waals surface area contributed by atoms with Crippen LogP contribution in [0.3, 0.4) is 0 Å². The molecule has 3 saturated carbocycles. The molecular formula is C41H58O5. The number of hydrogen-bond acceptors (Lipinski definition) is 5. The van der Waals surface area contributed by atoms with E-state index in [9.17, 15) is 9.59 Å². The molecule has 1 aromatic heterocycles. The first-order valence-electron chi connectivity index (χ1n) is 18.6. The summed E-state index contributed by atoms with van der Waals surface area (Å²) in [5.41, 5.74) is 3.37. The summed E-state index contributed by atoms with van der Waals surface area (Å²) in [4.78, 5) is 25.0. The molecule has 2 aromatic rings. The molecule has 0 radical (unpaired) electrons. The van der Waals surface area contributed by atoms with E-state index in [-0.39, 0.29) is 29.7 Å². The fourth-order valence-corrected chi connectivity index (χ4v) is 10.9. The van der Waals surface area contributed by atoms with Crippen LogP contribution >= 0.6 is 0 Å². The maximum absolute atomic E-state index is 12.9. The summed E-state index contributed by atoms with van der Waals surface area (Å²) < 4.78 is 17.2. The quantitative estimate of drug-likeness (QED) is 0.140. The van der Waals surface area contributed by atoms with E-state index in [1.54, 1.807) is 12.1 Å². The minimum absolute atomic E-state index is 0.0883. The lowest BCUT2D eigenvalue weighted by Gasteiger charge is -2.58. The average Bonchev–Trinajstić information content (AvgIpc) is 3.37. The van der Waals surface area contributed by atoms with Crippen molar-refractivity contribution in [3.8, 4) is 5.75 Å². The first-order chi connectivity index (χ1) is 22.0. The van der Waals surface area contributed by atoms with Gasteiger partial charge < -0.3 is 13.9 Å². The van der Waals surface area contributed by atoms with Crippen molar-refractivity contribution < 1.29 is 18.7 Å². The van der Waals surface area contributed by atoms with Crippen LogP contribution in [0.4, 0.5) is 0 Å². The van der Waals surface area contributed by atoms with Gasteiger partial charge in [-0.3, -0.25) is 0 Å². The number of ether oxygens (including phenoxy) is 2. The van der Waals surface area contributed by atoms with Crippen LogP contribution in [-0.2, 0) is 16.0 Å². The fraction of sp³-hybridized carbons (Fsp3) is 0.707. The van der Waals surface area contributed by atoms with Crippen molar-refractivity contribution in [1.82, 2.24) is 0 Å². The zero-order chi connectivity index (χ0) is 32.6. The Labute approximate surface area is 276 Å². The van der Waals surface area contributed by atoms with Gasteiger partial charge in [-0.25, -0.2) is 9.59 Å². The molecule has 0 aliphatic heterocycles. The number of allylic oxidation sites excluding steroid dienone is 1. The fourth-order valence-electron chi connectivity index (χ4n) is 10.9. The van der Waals surface area contributed by atoms with Crippen molar-refractivity contribution in [2.45, 2.75) is 131 Å². The lowest BCUT2D eigenvalue weighted by Crippen LogP contribution is -2.51. The zero-order valence-electron chi connectivity index (χ0n) is 29.4. The van der Waals surface area contributed by atoms with Gasteiger partial charge in [-0.15, -0.1) is 0 Å². The molecule has 0 spiro atoms. The van der Waals surface area contributed by atoms with Crippen LogP contribution in [0, 0.1) is 46.3 Å². The van der Waals surface area contributed by atoms with Gasteiger partial charge >= 0.3 is 11.6 Å². The minimum atomic E-state index is -0.364. The van der Waals surface area contributed by atoms with Crippen LogP contribution in [0.5, 0.6) is 5.75 Å². The molecule has 46 heavy (non-hydrogen) atoms. The van der Waals surface area contributed by atoms with Crippen molar-refractivity contribution in [3.05, 3.63) is 51.9 Å². The molecule has 4 aliphatic carbocycles. The standard InChI is InChI=1S/C41H58O5/c1-7-9-28-22-38(42)46-37-24-30(13-15-32(28)37)44-25-39(43)45-31-18-20-40(5)29(23-31)12-14-33-35-17-16-34(27(4)11-8-10-26(2)3)41(35,6)21-19-36(33)40/h12-13,15,22,24,26-27,31,33-36H,7-11,14,16-21,23,25H2,1-6H3/t27-,31+,33+,34-,35-,36-,40+,41-/m1/s1. The number of hydrogen-bond donors (Lipinski definition) is 0. The van der Waals surface area contributed by atoms with Crippen LogP contribution < -0.4 is 10.4 Å². The molecule has 3 fully saturated rings. The Morgan fingerprint density at radius 1 is 1.02 bits per heavy atom. The lowest BCUT2D eigenvalue weighted by atomic mass is 9.47. The summed E-state index contributed by atoms with van der Waals surface area (Å²) in [6.07, 6.45) is 18.0. The van der Waals surface area contributed by atoms with E-state index in [0.717, 1.165) is 78.6 Å². The monoisotopic (exact) mass is 630 g/mol. The summed E-state index contributed by atoms with van der Waals surface area (Å²) >= 11 is 0. The van der Waals surface area contributed by atoms with E-state index in [2.05, 4.69) is 47.6 Å². The molecule has 0 bridgehead atoms. The molecular weight excluding hydrogens is 572 g/mol. The Kier molecular flexibility index (Phi) is 9.80. The first kappa shape index (κ1) is 33.3. The van der Waals surface area contributed by atoms with Crippen molar-refractivity contribution >= 4 is 16.9 Å². The Bertz CT molecular complexity index is 1490. The minimum Gasteiger partial charge on any atom is -0.482 e. The van der Waals surface area contributed by atoms with Gasteiger partial charge in [0.2, 0.25) is 0 Å². The van der Waals surface area contributed by atoms with Gasteiger partial charge in [-0.05, 0) is 115 Å². The van der Waals surface area contributed by atoms with Gasteiger partial charge in [0, 0.05) is 23.9 Å². The third-order valence-corrected chi connectivity index (χ3v) is 13.2. The maximum Gasteiger partial charge on any atom is 0.344 e. The van der Waals surface area contributed by atoms with Gasteiger partial charge in [0.1, 0.15) is 17.4 Å². The molecule has 252 valence electrons. The van der Waals surface area contributed by atoms with E-state index >= 15 is 0 Å². The summed E-state index contributed by atoms with van der Waals surface area (Å²) in [5, 5.41) is 0.909. The number of carbonyl (C=O) groups excluding carboxylic acids is 1. The number of fused-ring (bicyclic) bond motifs is 6. The van der Waals surface area contributed by atoms with Gasteiger partial charge in [0.25, 0.3) is 0 Å². The van der Waals surface area contributed by atoms with Crippen LogP contribution in [0.25, 0.3) is 11.0 Å². The highest BCUT2D eigenvalue weighted by Gasteiger charge is 2.59. The van der Waals surface area contributed by atoms with Crippen LogP contribution in [0.15, 0.2) is 45.1 Å². The predicted molar refractivity (Wildman–Crippen MR) is 185 cm³/mol. The highest BCUT2D eigenvalue weighted by atomic mass is 16.6. The summed E-state index contributed by atoms with van der Waals surface area (Å²) in [6.45, 7) is 14.4. The maximum atomic E-state index is 12.9. The van der Waals surface area contributed by atoms with Crippen molar-refractivity contribution in [3.63, 3.8) is 0 Å². The third kappa shape index (κ3) is 6.46. The van der Waals surface area contributed by atoms with Gasteiger partial charge in [0.05, 0.1) is 0 Å². The second kappa shape index (κ2) is 13.5. The number of carbonyl (C=O) groups is 1. The number of esters is 1. The number of aryl methyl sites for hydroxylation is 1. The second-order valence-corrected chi connectivity index (χ2v) is 16.4. The molecule has 5 heteroatoms. The highest BCUT2D eigenvalue weighted by Crippen LogP contribution is 2.67. The summed E-state index contributed by atoms with van der Waals surface area (Å²) in [6, 6.07) is 7.00. The van der Waals surface area contributed by atoms with Crippen molar-refractivity contribution in [2.24, 2.45) is 46.3 Å². The van der Waals surface area contributed by atoms with Gasteiger partial charge in [-0.2, -0.15) is 0 Å². The summed E-state index contributed by atoms with van der Waals surface area (Å²) in [7, 11) is 0. The topological polar surface area (TPSA) is 65.7 Å². The SMILES string of the molecule is CCCc1cc(=O)oc2cc(OCC(=O)O[C@H]3CC[C@@]4(C)C(=CC[C@H]5[C@H]6CC[C@H]([C@H](C)CCCC(C)C)[C@@]6(C)CC[C@H]54)C3)ccc12. The normalized spacial score (nSPS) is 32.8. The van der Waals surface area contributed by atoms with Crippen LogP contribution in [0.1, 0.15) is 124 Å². The Morgan fingerprint density at radius 3 is 2.63 bits per heavy atom. The number of benzene rings is 1. The molecule has 4 aliphatic rings. The van der Waals surface area contributed by atoms with Crippen molar-refractivity contribution in [2.75, 3.05) is 6.61 Å². The molecule has 6 rings (SSSR count). The molecule has 0 unspecified atom stereocenters. The van der Waals surface area contributed by atoms with E-state index in [4.69, 9.17) is 13.9 Å². The third-order valence-electron chi connectivity index (χ3n) is 13.2. The molecule has 0 N–H and O–H groups in total. The average molecular weight is 631 g/mol.